The van der Waals surface area contributed by atoms with Crippen molar-refractivity contribution in [3.63, 3.8) is 0 Å². The minimum atomic E-state index is -4.51. The molecule has 1 atom stereocenters. The highest BCUT2D eigenvalue weighted by Crippen LogP contribution is 2.32. The third kappa shape index (κ3) is 3.76. The number of hydrogen-bond acceptors (Lipinski definition) is 4. The maximum Gasteiger partial charge on any atom is 0.417 e. The quantitative estimate of drug-likeness (QED) is 0.907. The molecule has 4 nitrogen and oxygen atoms in total. The van der Waals surface area contributed by atoms with Gasteiger partial charge >= 0.3 is 6.18 Å². The summed E-state index contributed by atoms with van der Waals surface area (Å²) in [4.78, 5) is 3.63. The SMILES string of the molecule is O=S1(=O)CCCC(Nc2ncc(C(F)(F)F)cc2Cl)C1. The van der Waals surface area contributed by atoms with Crippen molar-refractivity contribution in [3.8, 4) is 0 Å². The normalized spacial score (nSPS) is 22.5. The molecule has 0 spiro atoms. The Kier molecular flexibility index (Phi) is 4.15. The molecule has 0 bridgehead atoms. The Labute approximate surface area is 119 Å². The molecule has 9 heteroatoms. The molecule has 0 radical (unpaired) electrons. The lowest BCUT2D eigenvalue weighted by atomic mass is 10.2. The number of anilines is 1. The van der Waals surface area contributed by atoms with Crippen LogP contribution in [-0.2, 0) is 16.0 Å². The van der Waals surface area contributed by atoms with E-state index in [0.717, 1.165) is 6.07 Å². The second kappa shape index (κ2) is 5.40. The van der Waals surface area contributed by atoms with Crippen LogP contribution in [0.15, 0.2) is 12.3 Å². The molecule has 1 saturated heterocycles. The third-order valence-electron chi connectivity index (χ3n) is 2.97. The summed E-state index contributed by atoms with van der Waals surface area (Å²) in [5.41, 5.74) is -0.940. The molecule has 2 rings (SSSR count). The van der Waals surface area contributed by atoms with Crippen LogP contribution in [0, 0.1) is 0 Å². The number of sulfone groups is 1. The predicted octanol–water partition coefficient (Wildman–Crippen LogP) is 2.74. The minimum absolute atomic E-state index is 0.0635. The Hall–Kier alpha value is -1.02. The predicted molar refractivity (Wildman–Crippen MR) is 69.5 cm³/mol. The van der Waals surface area contributed by atoms with Gasteiger partial charge in [0.1, 0.15) is 5.82 Å². The number of hydrogen-bond donors (Lipinski definition) is 1. The first kappa shape index (κ1) is 15.4. The highest BCUT2D eigenvalue weighted by atomic mass is 35.5. The Balaban J connectivity index is 2.14. The molecule has 0 amide bonds. The van der Waals surface area contributed by atoms with Gasteiger partial charge in [-0.1, -0.05) is 11.6 Å². The summed E-state index contributed by atoms with van der Waals surface area (Å²) in [7, 11) is -3.11. The average molecular weight is 329 g/mol. The Morgan fingerprint density at radius 3 is 2.65 bits per heavy atom. The van der Waals surface area contributed by atoms with E-state index in [4.69, 9.17) is 11.6 Å². The van der Waals surface area contributed by atoms with Gasteiger partial charge in [0, 0.05) is 12.2 Å². The van der Waals surface area contributed by atoms with Crippen molar-refractivity contribution >= 4 is 27.3 Å². The van der Waals surface area contributed by atoms with Gasteiger partial charge in [-0.05, 0) is 18.9 Å². The van der Waals surface area contributed by atoms with Gasteiger partial charge in [-0.15, -0.1) is 0 Å². The summed E-state index contributed by atoms with van der Waals surface area (Å²) in [6.45, 7) is 0. The number of nitrogens with zero attached hydrogens (tertiary/aromatic N) is 1. The Morgan fingerprint density at radius 1 is 1.40 bits per heavy atom. The molecule has 1 fully saturated rings. The van der Waals surface area contributed by atoms with E-state index in [1.165, 1.54) is 0 Å². The van der Waals surface area contributed by atoms with Gasteiger partial charge in [0.05, 0.1) is 22.1 Å². The van der Waals surface area contributed by atoms with Crippen molar-refractivity contribution < 1.29 is 21.6 Å². The van der Waals surface area contributed by atoms with Crippen LogP contribution >= 0.6 is 11.6 Å². The topological polar surface area (TPSA) is 59.1 Å². The summed E-state index contributed by atoms with van der Waals surface area (Å²) >= 11 is 5.75. The average Bonchev–Trinajstić information content (AvgIpc) is 2.29. The molecule has 1 aliphatic rings. The first-order chi connectivity index (χ1) is 9.17. The first-order valence-corrected chi connectivity index (χ1v) is 8.07. The number of aromatic nitrogens is 1. The second-order valence-electron chi connectivity index (χ2n) is 4.65. The van der Waals surface area contributed by atoms with Crippen LogP contribution in [0.3, 0.4) is 0 Å². The molecule has 112 valence electrons. The maximum absolute atomic E-state index is 12.5. The van der Waals surface area contributed by atoms with E-state index < -0.39 is 21.6 Å². The van der Waals surface area contributed by atoms with Gasteiger partial charge in [-0.3, -0.25) is 0 Å². The van der Waals surface area contributed by atoms with Crippen LogP contribution in [0.2, 0.25) is 5.02 Å². The molecule has 1 aromatic rings. The monoisotopic (exact) mass is 328 g/mol. The van der Waals surface area contributed by atoms with Gasteiger partial charge in [0.25, 0.3) is 0 Å². The van der Waals surface area contributed by atoms with Crippen molar-refractivity contribution in [2.75, 3.05) is 16.8 Å². The highest BCUT2D eigenvalue weighted by Gasteiger charge is 2.32. The van der Waals surface area contributed by atoms with Gasteiger partial charge in [0.15, 0.2) is 9.84 Å². The molecule has 2 heterocycles. The smallest absolute Gasteiger partial charge is 0.365 e. The standard InChI is InChI=1S/C11H12ClF3N2O2S/c12-9-4-7(11(13,14)15)5-16-10(9)17-8-2-1-3-20(18,19)6-8/h4-5,8H,1-3,6H2,(H,16,17). The molecular formula is C11H12ClF3N2O2S. The van der Waals surface area contributed by atoms with Crippen LogP contribution in [0.4, 0.5) is 19.0 Å². The first-order valence-electron chi connectivity index (χ1n) is 5.87. The van der Waals surface area contributed by atoms with Crippen molar-refractivity contribution in [1.82, 2.24) is 4.98 Å². The summed E-state index contributed by atoms with van der Waals surface area (Å²) in [5.74, 6) is 0.146. The molecule has 1 unspecified atom stereocenters. The van der Waals surface area contributed by atoms with Crippen LogP contribution in [-0.4, -0.2) is 30.9 Å². The summed E-state index contributed by atoms with van der Waals surface area (Å²) in [6, 6.07) is 0.393. The molecule has 0 aromatic carbocycles. The number of alkyl halides is 3. The van der Waals surface area contributed by atoms with Crippen LogP contribution in [0.1, 0.15) is 18.4 Å². The number of rotatable bonds is 2. The van der Waals surface area contributed by atoms with Crippen LogP contribution in [0.5, 0.6) is 0 Å². The third-order valence-corrected chi connectivity index (χ3v) is 5.08. The van der Waals surface area contributed by atoms with Gasteiger partial charge in [0.2, 0.25) is 0 Å². The van der Waals surface area contributed by atoms with Crippen molar-refractivity contribution in [1.29, 1.82) is 0 Å². The largest absolute Gasteiger partial charge is 0.417 e. The van der Waals surface area contributed by atoms with E-state index in [1.54, 1.807) is 0 Å². The zero-order valence-electron chi connectivity index (χ0n) is 10.2. The lowest BCUT2D eigenvalue weighted by molar-refractivity contribution is -0.137. The summed E-state index contributed by atoms with van der Waals surface area (Å²) in [6.07, 6.45) is -2.72. The minimum Gasteiger partial charge on any atom is -0.365 e. The fourth-order valence-electron chi connectivity index (χ4n) is 2.03. The highest BCUT2D eigenvalue weighted by molar-refractivity contribution is 7.91. The van der Waals surface area contributed by atoms with Crippen LogP contribution in [0.25, 0.3) is 0 Å². The zero-order chi connectivity index (χ0) is 15.0. The molecule has 1 aliphatic heterocycles. The van der Waals surface area contributed by atoms with E-state index in [2.05, 4.69) is 10.3 Å². The van der Waals surface area contributed by atoms with Crippen molar-refractivity contribution in [2.24, 2.45) is 0 Å². The Morgan fingerprint density at radius 2 is 2.10 bits per heavy atom. The lowest BCUT2D eigenvalue weighted by Gasteiger charge is -2.24. The van der Waals surface area contributed by atoms with Crippen molar-refractivity contribution in [3.05, 3.63) is 22.8 Å². The number of halogens is 4. The summed E-state index contributed by atoms with van der Waals surface area (Å²) < 4.78 is 60.3. The van der Waals surface area contributed by atoms with Gasteiger partial charge < -0.3 is 5.32 Å². The van der Waals surface area contributed by atoms with Gasteiger partial charge in [-0.25, -0.2) is 13.4 Å². The molecule has 1 N–H and O–H groups in total. The van der Waals surface area contributed by atoms with E-state index >= 15 is 0 Å². The number of pyridine rings is 1. The molecule has 0 saturated carbocycles. The fraction of sp³-hybridized carbons (Fsp3) is 0.545. The second-order valence-corrected chi connectivity index (χ2v) is 7.29. The molecular weight excluding hydrogens is 317 g/mol. The molecule has 1 aromatic heterocycles. The summed E-state index contributed by atoms with van der Waals surface area (Å²) in [5, 5.41) is 2.62. The lowest BCUT2D eigenvalue weighted by Crippen LogP contribution is -2.35. The molecule has 20 heavy (non-hydrogen) atoms. The fourth-order valence-corrected chi connectivity index (χ4v) is 3.89. The van der Waals surface area contributed by atoms with E-state index in [9.17, 15) is 21.6 Å². The Bertz CT molecular complexity index is 604. The van der Waals surface area contributed by atoms with Crippen molar-refractivity contribution in [2.45, 2.75) is 25.1 Å². The van der Waals surface area contributed by atoms with Gasteiger partial charge in [-0.2, -0.15) is 13.2 Å². The van der Waals surface area contributed by atoms with E-state index in [-0.39, 0.29) is 28.4 Å². The maximum atomic E-state index is 12.5. The van der Waals surface area contributed by atoms with E-state index in [1.807, 2.05) is 0 Å². The molecule has 0 aliphatic carbocycles. The number of nitrogens with one attached hydrogen (secondary N) is 1. The van der Waals surface area contributed by atoms with Crippen LogP contribution < -0.4 is 5.32 Å². The van der Waals surface area contributed by atoms with E-state index in [0.29, 0.717) is 19.0 Å². The zero-order valence-corrected chi connectivity index (χ0v) is 11.8.